The standard InChI is InChI=1S/C24H22BrN3O3S/c1-14-5-4-6-15(2)21(14)31-10-9-30-20-8-7-17(12-19(20)25)11-18-22(26)28-13-16(3)32-24(28)27-23(18)29/h4-8,11-13,26H,9-10H2,1-3H3/b18-11-,26-22?. The maximum Gasteiger partial charge on any atom is 0.283 e. The number of amidine groups is 2. The third-order valence-corrected chi connectivity index (χ3v) is 6.47. The van der Waals surface area contributed by atoms with Crippen molar-refractivity contribution in [2.75, 3.05) is 13.2 Å². The van der Waals surface area contributed by atoms with E-state index in [9.17, 15) is 4.79 Å². The number of thioether (sulfide) groups is 1. The summed E-state index contributed by atoms with van der Waals surface area (Å²) in [6.45, 7) is 6.80. The first-order chi connectivity index (χ1) is 15.3. The molecule has 0 radical (unpaired) electrons. The summed E-state index contributed by atoms with van der Waals surface area (Å²) in [5.41, 5.74) is 3.22. The van der Waals surface area contributed by atoms with E-state index < -0.39 is 5.91 Å². The molecule has 0 aliphatic carbocycles. The van der Waals surface area contributed by atoms with Crippen molar-refractivity contribution in [3.63, 3.8) is 0 Å². The molecule has 0 fully saturated rings. The summed E-state index contributed by atoms with van der Waals surface area (Å²) in [6, 6.07) is 11.6. The van der Waals surface area contributed by atoms with E-state index in [4.69, 9.17) is 14.9 Å². The van der Waals surface area contributed by atoms with Crippen LogP contribution in [-0.2, 0) is 4.79 Å². The van der Waals surface area contributed by atoms with Gasteiger partial charge in [-0.1, -0.05) is 36.0 Å². The molecule has 8 heteroatoms. The molecule has 0 aromatic heterocycles. The number of para-hydroxylation sites is 1. The smallest absolute Gasteiger partial charge is 0.283 e. The van der Waals surface area contributed by atoms with Crippen molar-refractivity contribution in [2.24, 2.45) is 4.99 Å². The molecule has 2 aromatic carbocycles. The van der Waals surface area contributed by atoms with Crippen LogP contribution in [0.4, 0.5) is 0 Å². The van der Waals surface area contributed by atoms with E-state index in [0.717, 1.165) is 31.8 Å². The Bertz CT molecular complexity index is 1180. The number of hydrogen-bond acceptors (Lipinski definition) is 5. The molecule has 2 aliphatic rings. The lowest BCUT2D eigenvalue weighted by Crippen LogP contribution is -2.35. The highest BCUT2D eigenvalue weighted by molar-refractivity contribution is 9.10. The number of aryl methyl sites for hydroxylation is 2. The molecule has 4 rings (SSSR count). The van der Waals surface area contributed by atoms with Crippen LogP contribution >= 0.6 is 27.7 Å². The molecule has 2 heterocycles. The fraction of sp³-hybridized carbons (Fsp3) is 0.208. The first kappa shape index (κ1) is 22.4. The molecule has 0 spiro atoms. The highest BCUT2D eigenvalue weighted by Crippen LogP contribution is 2.33. The number of carbonyl (C=O) groups is 1. The maximum absolute atomic E-state index is 12.4. The first-order valence-corrected chi connectivity index (χ1v) is 11.6. The van der Waals surface area contributed by atoms with E-state index in [1.807, 2.05) is 63.4 Å². The average Bonchev–Trinajstić information content (AvgIpc) is 3.11. The summed E-state index contributed by atoms with van der Waals surface area (Å²) in [6.07, 6.45) is 3.50. The zero-order chi connectivity index (χ0) is 22.8. The molecule has 0 unspecified atom stereocenters. The van der Waals surface area contributed by atoms with E-state index in [2.05, 4.69) is 20.9 Å². The zero-order valence-electron chi connectivity index (χ0n) is 17.9. The number of fused-ring (bicyclic) bond motifs is 1. The van der Waals surface area contributed by atoms with Gasteiger partial charge >= 0.3 is 0 Å². The van der Waals surface area contributed by atoms with Crippen molar-refractivity contribution < 1.29 is 14.3 Å². The summed E-state index contributed by atoms with van der Waals surface area (Å²) >= 11 is 4.92. The van der Waals surface area contributed by atoms with Crippen LogP contribution in [0.25, 0.3) is 6.08 Å². The number of hydrogen-bond donors (Lipinski definition) is 1. The summed E-state index contributed by atoms with van der Waals surface area (Å²) in [7, 11) is 0. The topological polar surface area (TPSA) is 75.0 Å². The normalized spacial score (nSPS) is 16.8. The van der Waals surface area contributed by atoms with Crippen molar-refractivity contribution in [3.8, 4) is 11.5 Å². The highest BCUT2D eigenvalue weighted by Gasteiger charge is 2.32. The molecule has 1 N–H and O–H groups in total. The van der Waals surface area contributed by atoms with Crippen LogP contribution < -0.4 is 9.47 Å². The van der Waals surface area contributed by atoms with Gasteiger partial charge in [0.25, 0.3) is 5.91 Å². The van der Waals surface area contributed by atoms with Crippen LogP contribution in [0, 0.1) is 19.3 Å². The molecule has 164 valence electrons. The summed E-state index contributed by atoms with van der Waals surface area (Å²) in [5.74, 6) is 1.29. The summed E-state index contributed by atoms with van der Waals surface area (Å²) < 4.78 is 12.5. The van der Waals surface area contributed by atoms with Gasteiger partial charge in [0.2, 0.25) is 0 Å². The third-order valence-electron chi connectivity index (χ3n) is 4.96. The predicted octanol–water partition coefficient (Wildman–Crippen LogP) is 5.69. The van der Waals surface area contributed by atoms with Crippen LogP contribution in [0.3, 0.4) is 0 Å². The lowest BCUT2D eigenvalue weighted by atomic mass is 10.1. The Morgan fingerprint density at radius 1 is 1.12 bits per heavy atom. The Morgan fingerprint density at radius 2 is 1.84 bits per heavy atom. The van der Waals surface area contributed by atoms with Gasteiger partial charge in [0.1, 0.15) is 30.5 Å². The molecule has 6 nitrogen and oxygen atoms in total. The Kier molecular flexibility index (Phi) is 6.53. The van der Waals surface area contributed by atoms with Crippen molar-refractivity contribution in [2.45, 2.75) is 20.8 Å². The number of amides is 1. The molecular weight excluding hydrogens is 490 g/mol. The van der Waals surface area contributed by atoms with Gasteiger partial charge in [-0.05, 0) is 71.6 Å². The fourth-order valence-electron chi connectivity index (χ4n) is 3.41. The van der Waals surface area contributed by atoms with Crippen LogP contribution in [-0.4, -0.2) is 35.0 Å². The number of allylic oxidation sites excluding steroid dienone is 1. The van der Waals surface area contributed by atoms with E-state index >= 15 is 0 Å². The van der Waals surface area contributed by atoms with E-state index in [0.29, 0.717) is 24.1 Å². The van der Waals surface area contributed by atoms with Crippen LogP contribution in [0.2, 0.25) is 0 Å². The SMILES string of the molecule is CC1=CN2C(=N)/C(=C/c3ccc(OCCOc4c(C)cccc4C)c(Br)c3)C(=O)N=C2S1. The first-order valence-electron chi connectivity index (χ1n) is 10.0. The van der Waals surface area contributed by atoms with Gasteiger partial charge in [-0.3, -0.25) is 15.1 Å². The number of ether oxygens (including phenoxy) is 2. The fourth-order valence-corrected chi connectivity index (χ4v) is 4.74. The second-order valence-corrected chi connectivity index (χ2v) is 9.49. The van der Waals surface area contributed by atoms with E-state index in [1.54, 1.807) is 11.0 Å². The minimum absolute atomic E-state index is 0.129. The monoisotopic (exact) mass is 511 g/mol. The lowest BCUT2D eigenvalue weighted by Gasteiger charge is -2.22. The quantitative estimate of drug-likeness (QED) is 0.398. The third kappa shape index (κ3) is 4.66. The second kappa shape index (κ2) is 9.34. The van der Waals surface area contributed by atoms with Gasteiger partial charge < -0.3 is 9.47 Å². The number of benzene rings is 2. The lowest BCUT2D eigenvalue weighted by molar-refractivity contribution is -0.114. The summed E-state index contributed by atoms with van der Waals surface area (Å²) in [4.78, 5) is 19.2. The molecule has 0 saturated heterocycles. The second-order valence-electron chi connectivity index (χ2n) is 7.43. The molecule has 2 aromatic rings. The Hall–Kier alpha value is -2.84. The van der Waals surface area contributed by atoms with Crippen molar-refractivity contribution in [1.29, 1.82) is 5.41 Å². The predicted molar refractivity (Wildman–Crippen MR) is 132 cm³/mol. The molecule has 1 amide bonds. The highest BCUT2D eigenvalue weighted by atomic mass is 79.9. The number of rotatable bonds is 6. The zero-order valence-corrected chi connectivity index (χ0v) is 20.3. The number of carbonyl (C=O) groups excluding carboxylic acids is 1. The van der Waals surface area contributed by atoms with Crippen LogP contribution in [0.1, 0.15) is 23.6 Å². The van der Waals surface area contributed by atoms with Gasteiger partial charge in [0.05, 0.1) is 10.0 Å². The van der Waals surface area contributed by atoms with Gasteiger partial charge in [-0.25, -0.2) is 0 Å². The Labute approximate surface area is 199 Å². The summed E-state index contributed by atoms with van der Waals surface area (Å²) in [5, 5.41) is 8.93. The number of halogens is 1. The van der Waals surface area contributed by atoms with E-state index in [1.165, 1.54) is 11.8 Å². The van der Waals surface area contributed by atoms with Crippen molar-refractivity contribution in [3.05, 3.63) is 74.2 Å². The molecule has 32 heavy (non-hydrogen) atoms. The molecule has 2 aliphatic heterocycles. The number of nitrogens with one attached hydrogen (secondary N) is 1. The Balaban J connectivity index is 1.41. The van der Waals surface area contributed by atoms with Crippen molar-refractivity contribution in [1.82, 2.24) is 4.90 Å². The minimum Gasteiger partial charge on any atom is -0.489 e. The number of nitrogens with zero attached hydrogens (tertiary/aromatic N) is 2. The van der Waals surface area contributed by atoms with E-state index in [-0.39, 0.29) is 11.4 Å². The van der Waals surface area contributed by atoms with Gasteiger partial charge in [0, 0.05) is 11.1 Å². The van der Waals surface area contributed by atoms with Crippen LogP contribution in [0.15, 0.2) is 62.5 Å². The molecule has 0 atom stereocenters. The van der Waals surface area contributed by atoms with Gasteiger partial charge in [0.15, 0.2) is 5.17 Å². The minimum atomic E-state index is -0.406. The molecule has 0 saturated carbocycles. The molecule has 0 bridgehead atoms. The van der Waals surface area contributed by atoms with Gasteiger partial charge in [-0.15, -0.1) is 0 Å². The largest absolute Gasteiger partial charge is 0.489 e. The van der Waals surface area contributed by atoms with Gasteiger partial charge in [-0.2, -0.15) is 4.99 Å². The van der Waals surface area contributed by atoms with Crippen molar-refractivity contribution >= 4 is 50.7 Å². The Morgan fingerprint density at radius 3 is 2.56 bits per heavy atom. The maximum atomic E-state index is 12.4. The number of aliphatic imine (C=N–C) groups is 1. The average molecular weight is 512 g/mol. The van der Waals surface area contributed by atoms with Crippen LogP contribution in [0.5, 0.6) is 11.5 Å². The molecular formula is C24H22BrN3O3S.